The average Bonchev–Trinajstić information content (AvgIpc) is 2.87. The minimum atomic E-state index is -0.930. The third-order valence-electron chi connectivity index (χ3n) is 5.70. The normalized spacial score (nSPS) is 12.3. The summed E-state index contributed by atoms with van der Waals surface area (Å²) in [5, 5.41) is 0. The second-order valence-electron chi connectivity index (χ2n) is 8.56. The Hall–Kier alpha value is -3.12. The number of nitrogens with zero attached hydrogens (tertiary/aromatic N) is 2. The molecule has 1 atom stereocenters. The molecular formula is C29H34F2N2O2. The van der Waals surface area contributed by atoms with Crippen molar-refractivity contribution in [1.82, 2.24) is 9.97 Å². The lowest BCUT2D eigenvalue weighted by Gasteiger charge is -2.12. The van der Waals surface area contributed by atoms with Gasteiger partial charge in [0.05, 0.1) is 29.0 Å². The predicted molar refractivity (Wildman–Crippen MR) is 138 cm³/mol. The quantitative estimate of drug-likeness (QED) is 0.174. The molecule has 35 heavy (non-hydrogen) atoms. The number of aromatic nitrogens is 2. The zero-order valence-corrected chi connectivity index (χ0v) is 20.6. The number of halogens is 2. The minimum absolute atomic E-state index is 0.0788. The van der Waals surface area contributed by atoms with Crippen molar-refractivity contribution in [3.8, 4) is 17.0 Å². The van der Waals surface area contributed by atoms with E-state index in [2.05, 4.69) is 30.4 Å². The smallest absolute Gasteiger partial charge is 0.168 e. The Labute approximate surface area is 206 Å². The molecule has 0 bridgehead atoms. The third kappa shape index (κ3) is 7.69. The van der Waals surface area contributed by atoms with Gasteiger partial charge in [-0.2, -0.15) is 0 Å². The summed E-state index contributed by atoms with van der Waals surface area (Å²) in [6.45, 7) is 9.06. The van der Waals surface area contributed by atoms with Crippen LogP contribution in [-0.4, -0.2) is 29.3 Å². The summed E-state index contributed by atoms with van der Waals surface area (Å²) in [6, 6.07) is 8.37. The van der Waals surface area contributed by atoms with Crippen molar-refractivity contribution in [2.75, 3.05) is 13.2 Å². The number of hydrogen-bond donors (Lipinski definition) is 0. The van der Waals surface area contributed by atoms with Crippen LogP contribution in [0.1, 0.15) is 57.9 Å². The van der Waals surface area contributed by atoms with Gasteiger partial charge in [-0.15, -0.1) is 0 Å². The van der Waals surface area contributed by atoms with Crippen molar-refractivity contribution in [2.45, 2.75) is 58.5 Å². The molecule has 0 radical (unpaired) electrons. The third-order valence-corrected chi connectivity index (χ3v) is 5.70. The zero-order chi connectivity index (χ0) is 25.0. The van der Waals surface area contributed by atoms with Gasteiger partial charge >= 0.3 is 0 Å². The molecule has 0 amide bonds. The fraction of sp³-hybridized carbons (Fsp3) is 0.379. The van der Waals surface area contributed by atoms with Crippen molar-refractivity contribution in [2.24, 2.45) is 0 Å². The Balaban J connectivity index is 1.61. The molecule has 0 saturated carbocycles. The highest BCUT2D eigenvalue weighted by molar-refractivity contribution is 5.78. The number of allylic oxidation sites excluding steroid dienone is 1. The second-order valence-corrected chi connectivity index (χ2v) is 8.56. The minimum Gasteiger partial charge on any atom is -0.489 e. The highest BCUT2D eigenvalue weighted by atomic mass is 19.2. The van der Waals surface area contributed by atoms with Crippen molar-refractivity contribution in [3.05, 3.63) is 72.5 Å². The van der Waals surface area contributed by atoms with Crippen LogP contribution in [0.15, 0.2) is 55.3 Å². The van der Waals surface area contributed by atoms with Crippen LogP contribution in [0.5, 0.6) is 5.75 Å². The van der Waals surface area contributed by atoms with Crippen LogP contribution in [0.4, 0.5) is 8.78 Å². The summed E-state index contributed by atoms with van der Waals surface area (Å²) in [4.78, 5) is 8.81. The lowest BCUT2D eigenvalue weighted by atomic mass is 10.1. The van der Waals surface area contributed by atoms with Crippen molar-refractivity contribution in [3.63, 3.8) is 0 Å². The summed E-state index contributed by atoms with van der Waals surface area (Å²) in [6.07, 6.45) is 12.9. The first-order valence-electron chi connectivity index (χ1n) is 12.3. The fourth-order valence-electron chi connectivity index (χ4n) is 3.71. The molecule has 1 heterocycles. The Morgan fingerprint density at radius 2 is 1.91 bits per heavy atom. The Kier molecular flexibility index (Phi) is 10.4. The molecule has 186 valence electrons. The molecule has 0 spiro atoms. The highest BCUT2D eigenvalue weighted by Crippen LogP contribution is 2.27. The monoisotopic (exact) mass is 480 g/mol. The van der Waals surface area contributed by atoms with E-state index in [0.29, 0.717) is 23.4 Å². The van der Waals surface area contributed by atoms with E-state index in [1.165, 1.54) is 19.0 Å². The summed E-state index contributed by atoms with van der Waals surface area (Å²) < 4.78 is 40.9. The standard InChI is InChI=1S/C29H34F2N2O2/c1-4-6-10-18-34-21(3)11-8-7-9-12-22-13-15-24(29(31)28(22)30)27-20-32-26-19-23(35-17-5-2)14-16-25(26)33-27/h5,9,12-16,19-21H,2,4,6-8,10-11,17-18H2,1,3H3/b12-9+. The van der Waals surface area contributed by atoms with Crippen LogP contribution < -0.4 is 4.74 Å². The Morgan fingerprint density at radius 3 is 2.71 bits per heavy atom. The number of ether oxygens (including phenoxy) is 2. The number of rotatable bonds is 14. The molecule has 0 aliphatic carbocycles. The van der Waals surface area contributed by atoms with E-state index in [9.17, 15) is 8.78 Å². The van der Waals surface area contributed by atoms with Gasteiger partial charge < -0.3 is 9.47 Å². The van der Waals surface area contributed by atoms with Crippen LogP contribution in [-0.2, 0) is 4.74 Å². The zero-order valence-electron chi connectivity index (χ0n) is 20.6. The van der Waals surface area contributed by atoms with Crippen LogP contribution in [0, 0.1) is 11.6 Å². The molecule has 0 fully saturated rings. The van der Waals surface area contributed by atoms with Gasteiger partial charge in [-0.3, -0.25) is 4.98 Å². The maximum absolute atomic E-state index is 14.9. The summed E-state index contributed by atoms with van der Waals surface area (Å²) in [7, 11) is 0. The summed E-state index contributed by atoms with van der Waals surface area (Å²) >= 11 is 0. The lowest BCUT2D eigenvalue weighted by Crippen LogP contribution is -2.08. The average molecular weight is 481 g/mol. The largest absolute Gasteiger partial charge is 0.489 e. The molecule has 1 aromatic heterocycles. The molecule has 0 saturated heterocycles. The van der Waals surface area contributed by atoms with Crippen LogP contribution >= 0.6 is 0 Å². The molecule has 6 heteroatoms. The van der Waals surface area contributed by atoms with Crippen LogP contribution in [0.3, 0.4) is 0 Å². The topological polar surface area (TPSA) is 44.2 Å². The van der Waals surface area contributed by atoms with Gasteiger partial charge in [0.25, 0.3) is 0 Å². The van der Waals surface area contributed by atoms with E-state index in [0.717, 1.165) is 32.3 Å². The molecule has 4 nitrogen and oxygen atoms in total. The molecule has 0 aliphatic rings. The first-order chi connectivity index (χ1) is 17.0. The lowest BCUT2D eigenvalue weighted by molar-refractivity contribution is 0.0566. The SMILES string of the molecule is C=CCOc1ccc2nc(-c3ccc(/C=C/CCCC(C)OCCCCC)c(F)c3F)cnc2c1. The molecular weight excluding hydrogens is 446 g/mol. The van der Waals surface area contributed by atoms with E-state index in [4.69, 9.17) is 9.47 Å². The Morgan fingerprint density at radius 1 is 1.06 bits per heavy atom. The van der Waals surface area contributed by atoms with Gasteiger partial charge in [-0.25, -0.2) is 13.8 Å². The van der Waals surface area contributed by atoms with E-state index in [1.807, 2.05) is 6.08 Å². The fourth-order valence-corrected chi connectivity index (χ4v) is 3.71. The first-order valence-corrected chi connectivity index (χ1v) is 12.3. The molecule has 3 rings (SSSR count). The van der Waals surface area contributed by atoms with Gasteiger partial charge in [0.15, 0.2) is 11.6 Å². The van der Waals surface area contributed by atoms with Crippen LogP contribution in [0.2, 0.25) is 0 Å². The van der Waals surface area contributed by atoms with Crippen molar-refractivity contribution in [1.29, 1.82) is 0 Å². The van der Waals surface area contributed by atoms with Gasteiger partial charge in [0.1, 0.15) is 12.4 Å². The number of fused-ring (bicyclic) bond motifs is 1. The van der Waals surface area contributed by atoms with Crippen molar-refractivity contribution >= 4 is 17.1 Å². The second kappa shape index (κ2) is 13.7. The molecule has 1 unspecified atom stereocenters. The predicted octanol–water partition coefficient (Wildman–Crippen LogP) is 7.92. The van der Waals surface area contributed by atoms with E-state index in [1.54, 1.807) is 42.5 Å². The number of unbranched alkanes of at least 4 members (excludes halogenated alkanes) is 3. The molecule has 0 N–H and O–H groups in total. The molecule has 2 aromatic carbocycles. The maximum atomic E-state index is 14.9. The van der Waals surface area contributed by atoms with Gasteiger partial charge in [0.2, 0.25) is 0 Å². The highest BCUT2D eigenvalue weighted by Gasteiger charge is 2.15. The number of hydrogen-bond acceptors (Lipinski definition) is 4. The van der Waals surface area contributed by atoms with Crippen molar-refractivity contribution < 1.29 is 18.3 Å². The van der Waals surface area contributed by atoms with Gasteiger partial charge in [-0.1, -0.05) is 50.6 Å². The maximum Gasteiger partial charge on any atom is 0.168 e. The summed E-state index contributed by atoms with van der Waals surface area (Å²) in [5.74, 6) is -1.18. The Bertz CT molecular complexity index is 1150. The van der Waals surface area contributed by atoms with Crippen LogP contribution in [0.25, 0.3) is 28.4 Å². The van der Waals surface area contributed by atoms with Gasteiger partial charge in [0, 0.05) is 23.8 Å². The van der Waals surface area contributed by atoms with Gasteiger partial charge in [-0.05, 0) is 50.8 Å². The summed E-state index contributed by atoms with van der Waals surface area (Å²) in [5.41, 5.74) is 1.75. The molecule has 0 aliphatic heterocycles. The first kappa shape index (κ1) is 26.5. The molecule has 3 aromatic rings. The van der Waals surface area contributed by atoms with E-state index >= 15 is 0 Å². The van der Waals surface area contributed by atoms with E-state index < -0.39 is 11.6 Å². The number of benzene rings is 2. The van der Waals surface area contributed by atoms with E-state index in [-0.39, 0.29) is 22.9 Å².